The van der Waals surface area contributed by atoms with Gasteiger partial charge in [0.05, 0.1) is 5.69 Å². The molecule has 0 unspecified atom stereocenters. The van der Waals surface area contributed by atoms with Crippen LogP contribution in [0.1, 0.15) is 12.8 Å². The first-order valence-corrected chi connectivity index (χ1v) is 15.1. The van der Waals surface area contributed by atoms with E-state index in [1.54, 1.807) is 0 Å². The van der Waals surface area contributed by atoms with Gasteiger partial charge in [-0.1, -0.05) is 103 Å². The number of pyridine rings is 1. The summed E-state index contributed by atoms with van der Waals surface area (Å²) in [6.45, 7) is 0. The van der Waals surface area contributed by atoms with Gasteiger partial charge in [0, 0.05) is 28.8 Å². The lowest BCUT2D eigenvalue weighted by Gasteiger charge is -2.27. The van der Waals surface area contributed by atoms with Gasteiger partial charge < -0.3 is 4.90 Å². The quantitative estimate of drug-likeness (QED) is 0.201. The zero-order valence-electron chi connectivity index (χ0n) is 24.2. The van der Waals surface area contributed by atoms with Crippen LogP contribution in [0, 0.1) is 0 Å². The number of anilines is 2. The van der Waals surface area contributed by atoms with Crippen molar-refractivity contribution in [3.05, 3.63) is 164 Å². The Morgan fingerprint density at radius 3 is 2.02 bits per heavy atom. The number of imidazole rings is 1. The van der Waals surface area contributed by atoms with Crippen molar-refractivity contribution in [3.63, 3.8) is 0 Å². The molecule has 1 aliphatic rings. The summed E-state index contributed by atoms with van der Waals surface area (Å²) >= 11 is 0. The molecule has 4 nitrogen and oxygen atoms in total. The predicted molar refractivity (Wildman–Crippen MR) is 182 cm³/mol. The highest BCUT2D eigenvalue weighted by Crippen LogP contribution is 2.39. The Bertz CT molecular complexity index is 2160. The first-order chi connectivity index (χ1) is 21.8. The van der Waals surface area contributed by atoms with Crippen molar-refractivity contribution >= 4 is 33.3 Å². The minimum Gasteiger partial charge on any atom is -0.308 e. The van der Waals surface area contributed by atoms with Gasteiger partial charge >= 0.3 is 0 Å². The Kier molecular flexibility index (Phi) is 6.58. The Morgan fingerprint density at radius 2 is 1.30 bits per heavy atom. The molecule has 0 N–H and O–H groups in total. The molecule has 0 saturated carbocycles. The van der Waals surface area contributed by atoms with Crippen LogP contribution in [0.25, 0.3) is 50.1 Å². The second kappa shape index (κ2) is 11.2. The largest absolute Gasteiger partial charge is 0.308 e. The highest BCUT2D eigenvalue weighted by atomic mass is 15.2. The number of fused-ring (bicyclic) bond motifs is 2. The topological polar surface area (TPSA) is 34.0 Å². The lowest BCUT2D eigenvalue weighted by Crippen LogP contribution is -2.16. The zero-order valence-corrected chi connectivity index (χ0v) is 24.2. The summed E-state index contributed by atoms with van der Waals surface area (Å²) in [5.41, 5.74) is 9.41. The smallest absolute Gasteiger partial charge is 0.167 e. The number of nitrogens with zero attached hydrogens (tertiary/aromatic N) is 4. The Balaban J connectivity index is 1.33. The van der Waals surface area contributed by atoms with E-state index in [0.29, 0.717) is 0 Å². The Hall–Kier alpha value is -5.74. The fourth-order valence-electron chi connectivity index (χ4n) is 6.12. The maximum absolute atomic E-state index is 5.38. The van der Waals surface area contributed by atoms with Gasteiger partial charge in [0.15, 0.2) is 5.65 Å². The summed E-state index contributed by atoms with van der Waals surface area (Å²) in [7, 11) is 0. The van der Waals surface area contributed by atoms with E-state index >= 15 is 0 Å². The van der Waals surface area contributed by atoms with Crippen molar-refractivity contribution in [2.45, 2.75) is 12.8 Å². The molecule has 0 atom stereocenters. The van der Waals surface area contributed by atoms with Crippen molar-refractivity contribution < 1.29 is 0 Å². The molecule has 0 spiro atoms. The van der Waals surface area contributed by atoms with E-state index in [1.807, 2.05) is 12.3 Å². The average Bonchev–Trinajstić information content (AvgIpc) is 3.50. The summed E-state index contributed by atoms with van der Waals surface area (Å²) in [6, 6.07) is 46.8. The number of para-hydroxylation sites is 2. The zero-order chi connectivity index (χ0) is 29.3. The van der Waals surface area contributed by atoms with Crippen molar-refractivity contribution in [3.8, 4) is 28.2 Å². The third-order valence-corrected chi connectivity index (χ3v) is 8.23. The van der Waals surface area contributed by atoms with Gasteiger partial charge in [0.1, 0.15) is 11.3 Å². The monoisotopic (exact) mass is 566 g/mol. The van der Waals surface area contributed by atoms with Gasteiger partial charge in [0.25, 0.3) is 0 Å². The second-order valence-corrected chi connectivity index (χ2v) is 11.0. The highest BCUT2D eigenvalue weighted by Gasteiger charge is 2.23. The Labute approximate surface area is 256 Å². The lowest BCUT2D eigenvalue weighted by molar-refractivity contribution is 0.997. The summed E-state index contributed by atoms with van der Waals surface area (Å²) in [6.07, 6.45) is 10.7. The third kappa shape index (κ3) is 4.67. The molecule has 8 rings (SSSR count). The molecule has 2 aromatic heterocycles. The van der Waals surface area contributed by atoms with Gasteiger partial charge in [0.2, 0.25) is 0 Å². The van der Waals surface area contributed by atoms with E-state index in [-0.39, 0.29) is 0 Å². The molecule has 5 aromatic carbocycles. The molecule has 44 heavy (non-hydrogen) atoms. The maximum atomic E-state index is 5.38. The van der Waals surface area contributed by atoms with Crippen LogP contribution in [0.3, 0.4) is 0 Å². The van der Waals surface area contributed by atoms with Crippen molar-refractivity contribution in [2.24, 2.45) is 0 Å². The number of rotatable bonds is 6. The first kappa shape index (κ1) is 25.9. The molecule has 0 radical (unpaired) electrons. The van der Waals surface area contributed by atoms with Gasteiger partial charge in [-0.05, 0) is 83.3 Å². The van der Waals surface area contributed by atoms with Gasteiger partial charge in [-0.2, -0.15) is 0 Å². The molecular weight excluding hydrogens is 536 g/mol. The van der Waals surface area contributed by atoms with Crippen LogP contribution in [0.4, 0.5) is 11.4 Å². The van der Waals surface area contributed by atoms with Crippen molar-refractivity contribution in [2.75, 3.05) is 4.90 Å². The molecule has 0 aliphatic heterocycles. The highest BCUT2D eigenvalue weighted by molar-refractivity contribution is 5.96. The van der Waals surface area contributed by atoms with Crippen LogP contribution < -0.4 is 4.90 Å². The molecule has 0 bridgehead atoms. The van der Waals surface area contributed by atoms with Crippen LogP contribution in [-0.4, -0.2) is 14.5 Å². The van der Waals surface area contributed by atoms with E-state index in [0.717, 1.165) is 58.2 Å². The number of benzene rings is 5. The maximum Gasteiger partial charge on any atom is 0.167 e. The number of aromatic nitrogens is 3. The van der Waals surface area contributed by atoms with Gasteiger partial charge in [-0.25, -0.2) is 9.97 Å². The molecular formula is C40H30N4. The molecule has 210 valence electrons. The van der Waals surface area contributed by atoms with Gasteiger partial charge in [-0.3, -0.25) is 4.57 Å². The molecule has 4 heteroatoms. The molecule has 1 aliphatic carbocycles. The predicted octanol–water partition coefficient (Wildman–Crippen LogP) is 10.3. The van der Waals surface area contributed by atoms with E-state index in [2.05, 4.69) is 155 Å². The lowest BCUT2D eigenvalue weighted by atomic mass is 10.00. The molecule has 7 aromatic rings. The SMILES string of the molecule is C1=CC(N(c2ccccc2)c2ccnc3c2nc(-c2ccc4cc(-c5ccccc5)ccc4c2)n3-c2ccccc2)=CCC1. The fourth-order valence-corrected chi connectivity index (χ4v) is 6.12. The second-order valence-electron chi connectivity index (χ2n) is 11.0. The first-order valence-electron chi connectivity index (χ1n) is 15.1. The molecule has 0 saturated heterocycles. The third-order valence-electron chi connectivity index (χ3n) is 8.23. The Morgan fingerprint density at radius 1 is 0.614 bits per heavy atom. The minimum absolute atomic E-state index is 0.824. The standard InChI is InChI=1S/C40H30N4/c1-5-13-29(14-6-1)30-21-22-32-28-33(24-23-31(32)27-30)39-42-38-37(25-26-41-40(38)44(39)36-19-11-4-12-20-36)43(34-15-7-2-8-16-34)35-17-9-3-10-18-35/h1-2,4-9,11-28H,3,10H2. The normalized spacial score (nSPS) is 12.9. The fraction of sp³-hybridized carbons (Fsp3) is 0.0500. The van der Waals surface area contributed by atoms with E-state index in [4.69, 9.17) is 9.97 Å². The van der Waals surface area contributed by atoms with E-state index in [9.17, 15) is 0 Å². The summed E-state index contributed by atoms with van der Waals surface area (Å²) in [4.78, 5) is 12.6. The summed E-state index contributed by atoms with van der Waals surface area (Å²) < 4.78 is 2.19. The van der Waals surface area contributed by atoms with Gasteiger partial charge in [-0.15, -0.1) is 0 Å². The molecule has 0 amide bonds. The van der Waals surface area contributed by atoms with Crippen LogP contribution in [0.5, 0.6) is 0 Å². The van der Waals surface area contributed by atoms with Crippen LogP contribution in [0.2, 0.25) is 0 Å². The minimum atomic E-state index is 0.824. The summed E-state index contributed by atoms with van der Waals surface area (Å²) in [5, 5.41) is 2.37. The number of allylic oxidation sites excluding steroid dienone is 3. The molecule has 2 heterocycles. The van der Waals surface area contributed by atoms with Crippen LogP contribution >= 0.6 is 0 Å². The van der Waals surface area contributed by atoms with Crippen molar-refractivity contribution in [1.29, 1.82) is 0 Å². The van der Waals surface area contributed by atoms with Crippen LogP contribution in [-0.2, 0) is 0 Å². The number of hydrogen-bond acceptors (Lipinski definition) is 3. The molecule has 0 fully saturated rings. The number of hydrogen-bond donors (Lipinski definition) is 0. The van der Waals surface area contributed by atoms with E-state index < -0.39 is 0 Å². The van der Waals surface area contributed by atoms with E-state index in [1.165, 1.54) is 21.9 Å². The summed E-state index contributed by atoms with van der Waals surface area (Å²) in [5.74, 6) is 0.862. The van der Waals surface area contributed by atoms with Crippen LogP contribution in [0.15, 0.2) is 164 Å². The van der Waals surface area contributed by atoms with Crippen molar-refractivity contribution in [1.82, 2.24) is 14.5 Å². The average molecular weight is 567 g/mol.